The molecule has 8 heteroatoms. The smallest absolute Gasteiger partial charge is 0.300 e. The highest BCUT2D eigenvalue weighted by Gasteiger charge is 2.47. The van der Waals surface area contributed by atoms with Gasteiger partial charge in [0.15, 0.2) is 0 Å². The van der Waals surface area contributed by atoms with Gasteiger partial charge >= 0.3 is 0 Å². The van der Waals surface area contributed by atoms with E-state index in [-0.39, 0.29) is 11.1 Å². The molecule has 0 bridgehead atoms. The van der Waals surface area contributed by atoms with Crippen LogP contribution in [0.15, 0.2) is 66.5 Å². The first-order chi connectivity index (χ1) is 16.7. The largest absolute Gasteiger partial charge is 0.507 e. The van der Waals surface area contributed by atoms with Gasteiger partial charge in [-0.1, -0.05) is 13.8 Å². The molecule has 0 spiro atoms. The van der Waals surface area contributed by atoms with E-state index in [0.717, 1.165) is 28.7 Å². The third-order valence-corrected chi connectivity index (χ3v) is 5.65. The Morgan fingerprint density at radius 2 is 1.80 bits per heavy atom. The van der Waals surface area contributed by atoms with Gasteiger partial charge in [0, 0.05) is 24.0 Å². The summed E-state index contributed by atoms with van der Waals surface area (Å²) in [7, 11) is 0. The summed E-state index contributed by atoms with van der Waals surface area (Å²) in [6, 6.07) is 9.45. The molecule has 1 atom stereocenters. The molecule has 0 radical (unpaired) electrons. The lowest BCUT2D eigenvalue weighted by atomic mass is 9.95. The SMILES string of the molecule is Cc1cc(/C(O)=C2\C(=O)C(=O)N(c3cc(F)ccc3F)C2c2ccncc2)ccc1OCC(C)C. The molecular weight excluding hydrogens is 454 g/mol. The van der Waals surface area contributed by atoms with Crippen LogP contribution >= 0.6 is 0 Å². The number of ketones is 1. The van der Waals surface area contributed by atoms with Crippen molar-refractivity contribution in [1.29, 1.82) is 0 Å². The van der Waals surface area contributed by atoms with Gasteiger partial charge in [-0.2, -0.15) is 0 Å². The number of carbonyl (C=O) groups is 2. The van der Waals surface area contributed by atoms with Crippen molar-refractivity contribution in [2.24, 2.45) is 5.92 Å². The zero-order valence-electron chi connectivity index (χ0n) is 19.5. The number of aliphatic hydroxyl groups is 1. The third kappa shape index (κ3) is 4.64. The van der Waals surface area contributed by atoms with Gasteiger partial charge in [0.1, 0.15) is 23.1 Å². The fourth-order valence-electron chi connectivity index (χ4n) is 3.98. The molecule has 1 fully saturated rings. The molecule has 0 saturated carbocycles. The lowest BCUT2D eigenvalue weighted by molar-refractivity contribution is -0.132. The number of carbonyl (C=O) groups excluding carboxylic acids is 2. The molecule has 6 nitrogen and oxygen atoms in total. The summed E-state index contributed by atoms with van der Waals surface area (Å²) in [5.41, 5.74) is 0.774. The molecule has 35 heavy (non-hydrogen) atoms. The van der Waals surface area contributed by atoms with Gasteiger partial charge in [0.05, 0.1) is 23.9 Å². The van der Waals surface area contributed by atoms with Crippen LogP contribution < -0.4 is 9.64 Å². The Morgan fingerprint density at radius 1 is 1.09 bits per heavy atom. The maximum Gasteiger partial charge on any atom is 0.300 e. The number of nitrogens with zero attached hydrogens (tertiary/aromatic N) is 2. The Balaban J connectivity index is 1.86. The Kier molecular flexibility index (Phi) is 6.64. The second-order valence-corrected chi connectivity index (χ2v) is 8.73. The first-order valence-corrected chi connectivity index (χ1v) is 11.1. The van der Waals surface area contributed by atoms with Crippen molar-refractivity contribution in [2.45, 2.75) is 26.8 Å². The zero-order chi connectivity index (χ0) is 25.3. The molecule has 1 aromatic heterocycles. The fraction of sp³-hybridized carbons (Fsp3) is 0.222. The van der Waals surface area contributed by atoms with Gasteiger partial charge in [0.25, 0.3) is 11.7 Å². The number of anilines is 1. The Morgan fingerprint density at radius 3 is 2.46 bits per heavy atom. The van der Waals surface area contributed by atoms with Crippen LogP contribution in [0.5, 0.6) is 5.75 Å². The van der Waals surface area contributed by atoms with E-state index in [1.807, 2.05) is 13.8 Å². The number of hydrogen-bond donors (Lipinski definition) is 1. The Labute approximate surface area is 201 Å². The number of ether oxygens (including phenoxy) is 1. The normalized spacial score (nSPS) is 17.3. The number of aromatic nitrogens is 1. The van der Waals surface area contributed by atoms with Crippen LogP contribution in [0.4, 0.5) is 14.5 Å². The van der Waals surface area contributed by atoms with E-state index < -0.39 is 40.8 Å². The van der Waals surface area contributed by atoms with Gasteiger partial charge in [-0.3, -0.25) is 19.5 Å². The summed E-state index contributed by atoms with van der Waals surface area (Å²) in [5, 5.41) is 11.2. The third-order valence-electron chi connectivity index (χ3n) is 5.65. The van der Waals surface area contributed by atoms with Gasteiger partial charge < -0.3 is 9.84 Å². The minimum atomic E-state index is -1.19. The highest BCUT2D eigenvalue weighted by molar-refractivity contribution is 6.51. The van der Waals surface area contributed by atoms with Gasteiger partial charge in [0.2, 0.25) is 0 Å². The molecule has 1 aliphatic rings. The molecule has 3 aromatic rings. The van der Waals surface area contributed by atoms with Crippen molar-refractivity contribution in [3.05, 3.63) is 94.8 Å². The molecule has 1 N–H and O–H groups in total. The molecule has 2 aromatic carbocycles. The van der Waals surface area contributed by atoms with Crippen LogP contribution in [0.25, 0.3) is 5.76 Å². The minimum absolute atomic E-state index is 0.236. The minimum Gasteiger partial charge on any atom is -0.507 e. The van der Waals surface area contributed by atoms with Gasteiger partial charge in [-0.25, -0.2) is 8.78 Å². The fourth-order valence-corrected chi connectivity index (χ4v) is 3.98. The van der Waals surface area contributed by atoms with E-state index in [0.29, 0.717) is 23.8 Å². The summed E-state index contributed by atoms with van der Waals surface area (Å²) < 4.78 is 34.5. The van der Waals surface area contributed by atoms with Crippen LogP contribution in [-0.2, 0) is 9.59 Å². The van der Waals surface area contributed by atoms with Crippen LogP contribution in [0.3, 0.4) is 0 Å². The number of rotatable bonds is 6. The molecule has 2 heterocycles. The first-order valence-electron chi connectivity index (χ1n) is 11.1. The van der Waals surface area contributed by atoms with Crippen molar-refractivity contribution in [3.63, 3.8) is 0 Å². The van der Waals surface area contributed by atoms with Gasteiger partial charge in [-0.15, -0.1) is 0 Å². The average Bonchev–Trinajstić information content (AvgIpc) is 3.10. The number of amides is 1. The molecule has 1 amide bonds. The standard InChI is InChI=1S/C27H24F2N2O4/c1-15(2)14-35-22-7-4-18(12-16(22)3)25(32)23-24(17-8-10-30-11-9-17)31(27(34)26(23)33)21-13-19(28)5-6-20(21)29/h4-13,15,24,32H,14H2,1-3H3/b25-23+. The number of Topliss-reactive ketones (excluding diaryl/α,β-unsaturated/α-hetero) is 1. The van der Waals surface area contributed by atoms with E-state index in [2.05, 4.69) is 4.98 Å². The molecule has 1 saturated heterocycles. The van der Waals surface area contributed by atoms with E-state index in [9.17, 15) is 23.5 Å². The summed E-state index contributed by atoms with van der Waals surface area (Å²) in [4.78, 5) is 31.0. The lowest BCUT2D eigenvalue weighted by Crippen LogP contribution is -2.30. The number of aliphatic hydroxyl groups excluding tert-OH is 1. The van der Waals surface area contributed by atoms with Crippen LogP contribution in [-0.4, -0.2) is 28.4 Å². The number of benzene rings is 2. The molecular formula is C27H24F2N2O4. The van der Waals surface area contributed by atoms with E-state index >= 15 is 0 Å². The van der Waals surface area contributed by atoms with Crippen molar-refractivity contribution in [3.8, 4) is 5.75 Å². The topological polar surface area (TPSA) is 79.7 Å². The average molecular weight is 478 g/mol. The number of aryl methyl sites for hydroxylation is 1. The first kappa shape index (κ1) is 24.1. The van der Waals surface area contributed by atoms with Gasteiger partial charge in [-0.05, 0) is 66.4 Å². The maximum atomic E-state index is 14.7. The Hall–Kier alpha value is -4.07. The van der Waals surface area contributed by atoms with Crippen molar-refractivity contribution in [1.82, 2.24) is 4.98 Å². The highest BCUT2D eigenvalue weighted by atomic mass is 19.1. The second-order valence-electron chi connectivity index (χ2n) is 8.73. The molecule has 1 aliphatic heterocycles. The van der Waals surface area contributed by atoms with E-state index in [1.54, 1.807) is 37.3 Å². The highest BCUT2D eigenvalue weighted by Crippen LogP contribution is 2.43. The van der Waals surface area contributed by atoms with Crippen molar-refractivity contribution in [2.75, 3.05) is 11.5 Å². The monoisotopic (exact) mass is 478 g/mol. The lowest BCUT2D eigenvalue weighted by Gasteiger charge is -2.25. The predicted molar refractivity (Wildman–Crippen MR) is 127 cm³/mol. The summed E-state index contributed by atoms with van der Waals surface area (Å²) in [6.45, 7) is 6.36. The number of pyridine rings is 1. The quantitative estimate of drug-likeness (QED) is 0.294. The van der Waals surface area contributed by atoms with E-state index in [1.165, 1.54) is 12.4 Å². The summed E-state index contributed by atoms with van der Waals surface area (Å²) >= 11 is 0. The molecule has 180 valence electrons. The summed E-state index contributed by atoms with van der Waals surface area (Å²) in [6.07, 6.45) is 2.89. The number of hydrogen-bond acceptors (Lipinski definition) is 5. The molecule has 4 rings (SSSR count). The van der Waals surface area contributed by atoms with E-state index in [4.69, 9.17) is 4.74 Å². The van der Waals surface area contributed by atoms with Crippen LogP contribution in [0, 0.1) is 24.5 Å². The zero-order valence-corrected chi connectivity index (χ0v) is 19.5. The summed E-state index contributed by atoms with van der Waals surface area (Å²) in [5.74, 6) is -3.22. The Bertz CT molecular complexity index is 1320. The van der Waals surface area contributed by atoms with Crippen molar-refractivity contribution < 1.29 is 28.2 Å². The van der Waals surface area contributed by atoms with Crippen molar-refractivity contribution >= 4 is 23.1 Å². The predicted octanol–water partition coefficient (Wildman–Crippen LogP) is 5.33. The molecule has 0 aliphatic carbocycles. The van der Waals surface area contributed by atoms with Crippen LogP contribution in [0.1, 0.15) is 36.6 Å². The van der Waals surface area contributed by atoms with Crippen LogP contribution in [0.2, 0.25) is 0 Å². The molecule has 1 unspecified atom stereocenters. The number of halogens is 2. The second kappa shape index (κ2) is 9.66. The maximum absolute atomic E-state index is 14.7.